The van der Waals surface area contributed by atoms with Crippen LogP contribution >= 0.6 is 0 Å². The van der Waals surface area contributed by atoms with E-state index < -0.39 is 0 Å². The van der Waals surface area contributed by atoms with Crippen LogP contribution in [0.2, 0.25) is 0 Å². The molecule has 1 aliphatic carbocycles. The largest absolute Gasteiger partial charge is 0.326 e. The van der Waals surface area contributed by atoms with Crippen LogP contribution in [0.4, 0.5) is 0 Å². The molecule has 1 saturated heterocycles. The molecule has 1 unspecified atom stereocenters. The van der Waals surface area contributed by atoms with Crippen LogP contribution in [-0.2, 0) is 9.59 Å². The van der Waals surface area contributed by atoms with Crippen molar-refractivity contribution in [3.8, 4) is 0 Å². The van der Waals surface area contributed by atoms with E-state index in [1.54, 1.807) is 6.92 Å². The molecule has 84 valence electrons. The highest BCUT2D eigenvalue weighted by Crippen LogP contribution is 2.27. The van der Waals surface area contributed by atoms with E-state index in [1.165, 1.54) is 4.90 Å². The molecule has 0 aromatic carbocycles. The van der Waals surface area contributed by atoms with Crippen LogP contribution < -0.4 is 5.73 Å². The maximum absolute atomic E-state index is 11.7. The molecular weight excluding hydrogens is 194 g/mol. The smallest absolute Gasteiger partial charge is 0.243 e. The van der Waals surface area contributed by atoms with Crippen LogP contribution in [-0.4, -0.2) is 53.3 Å². The van der Waals surface area contributed by atoms with Crippen molar-refractivity contribution in [1.29, 1.82) is 0 Å². The van der Waals surface area contributed by atoms with Gasteiger partial charge >= 0.3 is 0 Å². The molecule has 0 aromatic rings. The number of piperazine rings is 1. The molecule has 2 fully saturated rings. The Morgan fingerprint density at radius 3 is 2.27 bits per heavy atom. The Morgan fingerprint density at radius 2 is 1.87 bits per heavy atom. The van der Waals surface area contributed by atoms with E-state index >= 15 is 0 Å². The second-order valence-electron chi connectivity index (χ2n) is 4.51. The Kier molecular flexibility index (Phi) is 2.75. The van der Waals surface area contributed by atoms with E-state index in [0.29, 0.717) is 25.7 Å². The van der Waals surface area contributed by atoms with E-state index in [4.69, 9.17) is 5.73 Å². The summed E-state index contributed by atoms with van der Waals surface area (Å²) in [7, 11) is 0. The van der Waals surface area contributed by atoms with Crippen LogP contribution in [0.5, 0.6) is 0 Å². The lowest BCUT2D eigenvalue weighted by Crippen LogP contribution is -2.56. The van der Waals surface area contributed by atoms with Crippen molar-refractivity contribution in [2.45, 2.75) is 31.8 Å². The van der Waals surface area contributed by atoms with Crippen molar-refractivity contribution < 1.29 is 9.59 Å². The summed E-state index contributed by atoms with van der Waals surface area (Å²) in [6.45, 7) is 2.90. The summed E-state index contributed by atoms with van der Waals surface area (Å²) >= 11 is 0. The van der Waals surface area contributed by atoms with Crippen LogP contribution in [0.15, 0.2) is 0 Å². The van der Waals surface area contributed by atoms with Gasteiger partial charge in [0.2, 0.25) is 11.8 Å². The SMILES string of the molecule is CC(N)CN1C(=O)CN(C2CC2)CC1=O. The molecule has 0 bridgehead atoms. The lowest BCUT2D eigenvalue weighted by Gasteiger charge is -2.33. The number of nitrogens with two attached hydrogens (primary N) is 1. The highest BCUT2D eigenvalue weighted by Gasteiger charge is 2.38. The van der Waals surface area contributed by atoms with Gasteiger partial charge in [-0.1, -0.05) is 0 Å². The number of hydrogen-bond acceptors (Lipinski definition) is 4. The number of rotatable bonds is 3. The zero-order valence-electron chi connectivity index (χ0n) is 8.98. The number of carbonyl (C=O) groups excluding carboxylic acids is 2. The molecule has 1 heterocycles. The number of amides is 2. The Balaban J connectivity index is 1.97. The van der Waals surface area contributed by atoms with Crippen molar-refractivity contribution in [1.82, 2.24) is 9.80 Å². The van der Waals surface area contributed by atoms with Gasteiger partial charge in [-0.3, -0.25) is 19.4 Å². The first-order valence-corrected chi connectivity index (χ1v) is 5.40. The highest BCUT2D eigenvalue weighted by atomic mass is 16.2. The summed E-state index contributed by atoms with van der Waals surface area (Å²) in [6.07, 6.45) is 2.24. The average Bonchev–Trinajstić information content (AvgIpc) is 2.93. The van der Waals surface area contributed by atoms with Gasteiger partial charge in [-0.25, -0.2) is 0 Å². The maximum atomic E-state index is 11.7. The van der Waals surface area contributed by atoms with E-state index in [0.717, 1.165) is 12.8 Å². The van der Waals surface area contributed by atoms with Crippen molar-refractivity contribution in [2.75, 3.05) is 19.6 Å². The number of carbonyl (C=O) groups is 2. The molecule has 2 amide bonds. The predicted molar refractivity (Wildman–Crippen MR) is 55.0 cm³/mol. The Morgan fingerprint density at radius 1 is 1.33 bits per heavy atom. The van der Waals surface area contributed by atoms with Crippen LogP contribution in [0.1, 0.15) is 19.8 Å². The quantitative estimate of drug-likeness (QED) is 0.619. The minimum absolute atomic E-state index is 0.101. The molecule has 15 heavy (non-hydrogen) atoms. The molecule has 1 aliphatic heterocycles. The molecule has 2 aliphatic rings. The second kappa shape index (κ2) is 3.90. The first-order valence-electron chi connectivity index (χ1n) is 5.40. The maximum Gasteiger partial charge on any atom is 0.243 e. The van der Waals surface area contributed by atoms with Gasteiger partial charge in [-0.15, -0.1) is 0 Å². The summed E-state index contributed by atoms with van der Waals surface area (Å²) in [5.74, 6) is -0.203. The molecule has 0 spiro atoms. The van der Waals surface area contributed by atoms with Gasteiger partial charge in [0.05, 0.1) is 13.1 Å². The van der Waals surface area contributed by atoms with Gasteiger partial charge in [0.15, 0.2) is 0 Å². The van der Waals surface area contributed by atoms with E-state index in [-0.39, 0.29) is 17.9 Å². The Labute approximate surface area is 89.2 Å². The van der Waals surface area contributed by atoms with Crippen molar-refractivity contribution in [2.24, 2.45) is 5.73 Å². The van der Waals surface area contributed by atoms with Gasteiger partial charge < -0.3 is 5.73 Å². The van der Waals surface area contributed by atoms with Crippen LogP contribution in [0.3, 0.4) is 0 Å². The zero-order chi connectivity index (χ0) is 11.0. The Hall–Kier alpha value is -0.940. The number of hydrogen-bond donors (Lipinski definition) is 1. The summed E-state index contributed by atoms with van der Waals surface area (Å²) in [5.41, 5.74) is 5.59. The molecule has 0 radical (unpaired) electrons. The summed E-state index contributed by atoms with van der Waals surface area (Å²) in [4.78, 5) is 26.7. The van der Waals surface area contributed by atoms with Gasteiger partial charge in [-0.05, 0) is 19.8 Å². The van der Waals surface area contributed by atoms with Gasteiger partial charge in [0.1, 0.15) is 0 Å². The average molecular weight is 211 g/mol. The minimum atomic E-state index is -0.148. The Bertz CT molecular complexity index is 268. The molecule has 0 aromatic heterocycles. The highest BCUT2D eigenvalue weighted by molar-refractivity contribution is 5.99. The number of nitrogens with zero attached hydrogens (tertiary/aromatic N) is 2. The molecule has 2 N–H and O–H groups in total. The van der Waals surface area contributed by atoms with Crippen molar-refractivity contribution >= 4 is 11.8 Å². The van der Waals surface area contributed by atoms with E-state index in [1.807, 2.05) is 4.90 Å². The summed E-state index contributed by atoms with van der Waals surface area (Å²) in [6, 6.07) is 0.320. The lowest BCUT2D eigenvalue weighted by molar-refractivity contribution is -0.151. The van der Waals surface area contributed by atoms with Crippen LogP contribution in [0.25, 0.3) is 0 Å². The predicted octanol–water partition coefficient (Wildman–Crippen LogP) is -0.833. The molecule has 5 nitrogen and oxygen atoms in total. The third-order valence-electron chi connectivity index (χ3n) is 2.81. The minimum Gasteiger partial charge on any atom is -0.326 e. The third kappa shape index (κ3) is 2.35. The molecule has 5 heteroatoms. The number of imide groups is 1. The first kappa shape index (κ1) is 10.6. The zero-order valence-corrected chi connectivity index (χ0v) is 8.98. The fourth-order valence-electron chi connectivity index (χ4n) is 1.90. The summed E-state index contributed by atoms with van der Waals surface area (Å²) in [5, 5.41) is 0. The van der Waals surface area contributed by atoms with Crippen molar-refractivity contribution in [3.05, 3.63) is 0 Å². The third-order valence-corrected chi connectivity index (χ3v) is 2.81. The van der Waals surface area contributed by atoms with Crippen LogP contribution in [0, 0.1) is 0 Å². The fraction of sp³-hybridized carbons (Fsp3) is 0.800. The van der Waals surface area contributed by atoms with E-state index in [9.17, 15) is 9.59 Å². The molecular formula is C10H17N3O2. The van der Waals surface area contributed by atoms with Gasteiger partial charge in [0, 0.05) is 18.6 Å². The first-order chi connectivity index (χ1) is 7.08. The van der Waals surface area contributed by atoms with E-state index in [2.05, 4.69) is 0 Å². The van der Waals surface area contributed by atoms with Crippen molar-refractivity contribution in [3.63, 3.8) is 0 Å². The topological polar surface area (TPSA) is 66.6 Å². The molecule has 1 saturated carbocycles. The summed E-state index contributed by atoms with van der Waals surface area (Å²) < 4.78 is 0. The van der Waals surface area contributed by atoms with Gasteiger partial charge in [-0.2, -0.15) is 0 Å². The lowest BCUT2D eigenvalue weighted by atomic mass is 10.2. The van der Waals surface area contributed by atoms with Gasteiger partial charge in [0.25, 0.3) is 0 Å². The second-order valence-corrected chi connectivity index (χ2v) is 4.51. The standard InChI is InChI=1S/C10H17N3O2/c1-7(11)4-13-9(14)5-12(6-10(13)15)8-2-3-8/h7-8H,2-6,11H2,1H3. The molecule has 1 atom stereocenters. The monoisotopic (exact) mass is 211 g/mol. The molecule has 2 rings (SSSR count). The normalized spacial score (nSPS) is 25.9. The fourth-order valence-corrected chi connectivity index (χ4v) is 1.90.